The molecule has 0 saturated carbocycles. The summed E-state index contributed by atoms with van der Waals surface area (Å²) in [6.07, 6.45) is 3.16. The molecule has 0 spiro atoms. The molecule has 2 aromatic carbocycles. The molecule has 0 aliphatic carbocycles. The van der Waals surface area contributed by atoms with E-state index >= 15 is 0 Å². The summed E-state index contributed by atoms with van der Waals surface area (Å²) in [5, 5.41) is 0. The molecule has 1 heterocycles. The Morgan fingerprint density at radius 2 is 1.65 bits per heavy atom. The van der Waals surface area contributed by atoms with E-state index in [-0.39, 0.29) is 17.7 Å². The molecule has 140 valence electrons. The lowest BCUT2D eigenvalue weighted by Gasteiger charge is -2.53. The van der Waals surface area contributed by atoms with E-state index in [2.05, 4.69) is 74.2 Å². The lowest BCUT2D eigenvalue weighted by atomic mass is 9.72. The minimum atomic E-state index is -0.253. The standard InChI is InChI=1S/C23H32N2O/c1-17-7-11-20(12-8-17)23(16-19(3)26-4)22(24)6-5-15-25(23)21-13-9-18(2)10-14-21/h7-14,19,22H,5-6,15-16,24H2,1-4H3. The maximum Gasteiger partial charge on any atom is 0.0828 e. The van der Waals surface area contributed by atoms with Crippen LogP contribution in [-0.2, 0) is 10.3 Å². The topological polar surface area (TPSA) is 38.5 Å². The van der Waals surface area contributed by atoms with E-state index < -0.39 is 0 Å². The summed E-state index contributed by atoms with van der Waals surface area (Å²) in [6, 6.07) is 17.8. The van der Waals surface area contributed by atoms with Crippen LogP contribution in [-0.4, -0.2) is 25.8 Å². The predicted octanol–water partition coefficient (Wildman–Crippen LogP) is 4.55. The van der Waals surface area contributed by atoms with E-state index in [1.54, 1.807) is 7.11 Å². The van der Waals surface area contributed by atoms with Crippen molar-refractivity contribution in [1.29, 1.82) is 0 Å². The molecule has 1 aliphatic rings. The highest BCUT2D eigenvalue weighted by Gasteiger charge is 2.47. The Labute approximate surface area is 158 Å². The maximum absolute atomic E-state index is 6.85. The number of rotatable bonds is 5. The lowest BCUT2D eigenvalue weighted by molar-refractivity contribution is 0.0724. The smallest absolute Gasteiger partial charge is 0.0828 e. The summed E-state index contributed by atoms with van der Waals surface area (Å²) in [5.74, 6) is 0. The lowest BCUT2D eigenvalue weighted by Crippen LogP contribution is -2.62. The van der Waals surface area contributed by atoms with Crippen LogP contribution in [0.25, 0.3) is 0 Å². The molecule has 1 aliphatic heterocycles. The van der Waals surface area contributed by atoms with Crippen LogP contribution in [0.1, 0.15) is 42.9 Å². The average molecular weight is 353 g/mol. The van der Waals surface area contributed by atoms with E-state index in [1.165, 1.54) is 22.4 Å². The molecule has 3 atom stereocenters. The number of benzene rings is 2. The third kappa shape index (κ3) is 3.51. The van der Waals surface area contributed by atoms with Gasteiger partial charge < -0.3 is 15.4 Å². The van der Waals surface area contributed by atoms with Gasteiger partial charge in [-0.2, -0.15) is 0 Å². The number of nitrogens with two attached hydrogens (primary N) is 1. The largest absolute Gasteiger partial charge is 0.382 e. The summed E-state index contributed by atoms with van der Waals surface area (Å²) in [7, 11) is 1.79. The van der Waals surface area contributed by atoms with Gasteiger partial charge in [0.1, 0.15) is 0 Å². The average Bonchev–Trinajstić information content (AvgIpc) is 2.64. The first-order chi connectivity index (χ1) is 12.5. The summed E-state index contributed by atoms with van der Waals surface area (Å²) < 4.78 is 5.69. The van der Waals surface area contributed by atoms with Gasteiger partial charge in [0.05, 0.1) is 11.6 Å². The fourth-order valence-corrected chi connectivity index (χ4v) is 4.31. The molecule has 3 rings (SSSR count). The van der Waals surface area contributed by atoms with Crippen LogP contribution in [0.5, 0.6) is 0 Å². The SMILES string of the molecule is COC(C)CC1(c2ccc(C)cc2)C(N)CCCN1c1ccc(C)cc1. The van der Waals surface area contributed by atoms with Gasteiger partial charge in [-0.15, -0.1) is 0 Å². The third-order valence-corrected chi connectivity index (χ3v) is 5.89. The number of hydrogen-bond acceptors (Lipinski definition) is 3. The molecule has 26 heavy (non-hydrogen) atoms. The molecule has 0 radical (unpaired) electrons. The van der Waals surface area contributed by atoms with Crippen molar-refractivity contribution < 1.29 is 4.74 Å². The minimum absolute atomic E-state index is 0.0675. The van der Waals surface area contributed by atoms with Gasteiger partial charge in [-0.3, -0.25) is 0 Å². The number of aryl methyl sites for hydroxylation is 2. The predicted molar refractivity (Wildman–Crippen MR) is 110 cm³/mol. The van der Waals surface area contributed by atoms with Crippen molar-refractivity contribution in [3.05, 3.63) is 65.2 Å². The summed E-state index contributed by atoms with van der Waals surface area (Å²) in [6.45, 7) is 7.42. The molecule has 3 nitrogen and oxygen atoms in total. The maximum atomic E-state index is 6.85. The van der Waals surface area contributed by atoms with Crippen LogP contribution in [0.3, 0.4) is 0 Å². The molecule has 3 heteroatoms. The van der Waals surface area contributed by atoms with Crippen molar-refractivity contribution in [3.8, 4) is 0 Å². The van der Waals surface area contributed by atoms with Crippen molar-refractivity contribution in [1.82, 2.24) is 0 Å². The number of anilines is 1. The van der Waals surface area contributed by atoms with Crippen LogP contribution in [0.2, 0.25) is 0 Å². The van der Waals surface area contributed by atoms with Gasteiger partial charge in [-0.1, -0.05) is 47.5 Å². The fraction of sp³-hybridized carbons (Fsp3) is 0.478. The zero-order chi connectivity index (χ0) is 18.7. The van der Waals surface area contributed by atoms with Crippen molar-refractivity contribution in [2.24, 2.45) is 5.73 Å². The van der Waals surface area contributed by atoms with Gasteiger partial charge in [0, 0.05) is 31.8 Å². The highest BCUT2D eigenvalue weighted by Crippen LogP contribution is 2.44. The monoisotopic (exact) mass is 352 g/mol. The van der Waals surface area contributed by atoms with E-state index in [0.717, 1.165) is 25.8 Å². The van der Waals surface area contributed by atoms with Gasteiger partial charge in [-0.05, 0) is 51.3 Å². The zero-order valence-corrected chi connectivity index (χ0v) is 16.5. The molecule has 1 saturated heterocycles. The number of piperidine rings is 1. The number of methoxy groups -OCH3 is 1. The number of ether oxygens (including phenoxy) is 1. The Balaban J connectivity index is 2.14. The first kappa shape index (κ1) is 18.9. The van der Waals surface area contributed by atoms with Crippen molar-refractivity contribution in [3.63, 3.8) is 0 Å². The first-order valence-electron chi connectivity index (χ1n) is 9.67. The van der Waals surface area contributed by atoms with Crippen molar-refractivity contribution in [2.75, 3.05) is 18.6 Å². The van der Waals surface area contributed by atoms with Crippen molar-refractivity contribution in [2.45, 2.75) is 57.7 Å². The third-order valence-electron chi connectivity index (χ3n) is 5.89. The van der Waals surface area contributed by atoms with Gasteiger partial charge >= 0.3 is 0 Å². The zero-order valence-electron chi connectivity index (χ0n) is 16.5. The molecule has 2 N–H and O–H groups in total. The van der Waals surface area contributed by atoms with Crippen LogP contribution in [0.15, 0.2) is 48.5 Å². The Morgan fingerprint density at radius 3 is 2.23 bits per heavy atom. The molecule has 3 unspecified atom stereocenters. The highest BCUT2D eigenvalue weighted by atomic mass is 16.5. The molecule has 0 amide bonds. The van der Waals surface area contributed by atoms with E-state index in [4.69, 9.17) is 10.5 Å². The Kier molecular flexibility index (Phi) is 5.69. The van der Waals surface area contributed by atoms with Gasteiger partial charge in [0.15, 0.2) is 0 Å². The minimum Gasteiger partial charge on any atom is -0.382 e. The van der Waals surface area contributed by atoms with E-state index in [9.17, 15) is 0 Å². The van der Waals surface area contributed by atoms with E-state index in [0.29, 0.717) is 0 Å². The molecule has 0 aromatic heterocycles. The second kappa shape index (κ2) is 7.81. The molecular weight excluding hydrogens is 320 g/mol. The van der Waals surface area contributed by atoms with Crippen LogP contribution in [0.4, 0.5) is 5.69 Å². The summed E-state index contributed by atoms with van der Waals surface area (Å²) in [4.78, 5) is 2.53. The Morgan fingerprint density at radius 1 is 1.08 bits per heavy atom. The van der Waals surface area contributed by atoms with Crippen LogP contribution < -0.4 is 10.6 Å². The Bertz CT molecular complexity index is 710. The highest BCUT2D eigenvalue weighted by molar-refractivity contribution is 5.54. The summed E-state index contributed by atoms with van der Waals surface area (Å²) in [5.41, 5.74) is 11.7. The summed E-state index contributed by atoms with van der Waals surface area (Å²) >= 11 is 0. The number of hydrogen-bond donors (Lipinski definition) is 1. The second-order valence-corrected chi connectivity index (χ2v) is 7.78. The first-order valence-corrected chi connectivity index (χ1v) is 9.67. The number of nitrogens with zero attached hydrogens (tertiary/aromatic N) is 1. The van der Waals surface area contributed by atoms with Gasteiger partial charge in [0.25, 0.3) is 0 Å². The second-order valence-electron chi connectivity index (χ2n) is 7.78. The Hall–Kier alpha value is -1.84. The molecule has 1 fully saturated rings. The quantitative estimate of drug-likeness (QED) is 0.858. The molecular formula is C23H32N2O. The van der Waals surface area contributed by atoms with Gasteiger partial charge in [-0.25, -0.2) is 0 Å². The van der Waals surface area contributed by atoms with Gasteiger partial charge in [0.2, 0.25) is 0 Å². The van der Waals surface area contributed by atoms with Crippen molar-refractivity contribution >= 4 is 5.69 Å². The van der Waals surface area contributed by atoms with E-state index in [1.807, 2.05) is 0 Å². The fourth-order valence-electron chi connectivity index (χ4n) is 4.31. The van der Waals surface area contributed by atoms with Crippen LogP contribution in [0, 0.1) is 13.8 Å². The molecule has 0 bridgehead atoms. The normalized spacial score (nSPS) is 24.5. The molecule has 2 aromatic rings. The van der Waals surface area contributed by atoms with Crippen LogP contribution >= 0.6 is 0 Å².